The number of hydrogen-bond donors (Lipinski definition) is 1. The molecule has 196 valence electrons. The third-order valence-corrected chi connectivity index (χ3v) is 10.1. The molecule has 3 heterocycles. The van der Waals surface area contributed by atoms with Crippen LogP contribution in [0, 0.1) is 17.8 Å². The highest BCUT2D eigenvalue weighted by Crippen LogP contribution is 2.68. The van der Waals surface area contributed by atoms with Gasteiger partial charge in [-0.25, -0.2) is 0 Å². The van der Waals surface area contributed by atoms with Crippen LogP contribution in [0.1, 0.15) is 59.3 Å². The number of aliphatic hydroxyl groups excluding tert-OH is 1. The van der Waals surface area contributed by atoms with E-state index < -0.39 is 22.6 Å². The van der Waals surface area contributed by atoms with Crippen molar-refractivity contribution in [2.45, 2.75) is 81.4 Å². The van der Waals surface area contributed by atoms with E-state index in [9.17, 15) is 19.5 Å². The Morgan fingerprint density at radius 2 is 2.09 bits per heavy atom. The van der Waals surface area contributed by atoms with Crippen LogP contribution in [-0.2, 0) is 19.1 Å². The van der Waals surface area contributed by atoms with Gasteiger partial charge in [-0.2, -0.15) is 0 Å². The molecular formula is C27H42N2O5S. The van der Waals surface area contributed by atoms with Crippen LogP contribution in [0.4, 0.5) is 0 Å². The molecule has 8 heteroatoms. The van der Waals surface area contributed by atoms with Crippen LogP contribution >= 0.6 is 11.8 Å². The van der Waals surface area contributed by atoms with Gasteiger partial charge in [0.1, 0.15) is 6.04 Å². The number of carbonyl (C=O) groups is 3. The number of rotatable bonds is 14. The number of hydrogen-bond acceptors (Lipinski definition) is 6. The number of esters is 1. The highest BCUT2D eigenvalue weighted by molar-refractivity contribution is 8.02. The molecule has 3 rings (SSSR count). The van der Waals surface area contributed by atoms with Gasteiger partial charge in [0.25, 0.3) is 0 Å². The van der Waals surface area contributed by atoms with Crippen LogP contribution in [0.3, 0.4) is 0 Å². The third-order valence-electron chi connectivity index (χ3n) is 7.99. The summed E-state index contributed by atoms with van der Waals surface area (Å²) in [7, 11) is 0. The molecule has 0 aliphatic carbocycles. The highest BCUT2D eigenvalue weighted by Gasteiger charge is 2.76. The smallest absolute Gasteiger partial charge is 0.310 e. The molecule has 3 aliphatic rings. The molecule has 0 radical (unpaired) electrons. The maximum absolute atomic E-state index is 14.2. The van der Waals surface area contributed by atoms with E-state index in [-0.39, 0.29) is 48.1 Å². The fraction of sp³-hybridized carbons (Fsp3) is 0.741. The van der Waals surface area contributed by atoms with Gasteiger partial charge in [0, 0.05) is 24.4 Å². The molecule has 35 heavy (non-hydrogen) atoms. The number of carbonyl (C=O) groups excluding carboxylic acids is 3. The van der Waals surface area contributed by atoms with E-state index in [1.54, 1.807) is 22.7 Å². The summed E-state index contributed by atoms with van der Waals surface area (Å²) in [5, 5.41) is 9.76. The van der Waals surface area contributed by atoms with Crippen molar-refractivity contribution in [3.8, 4) is 0 Å². The largest absolute Gasteiger partial charge is 0.465 e. The molecule has 0 aromatic heterocycles. The van der Waals surface area contributed by atoms with E-state index in [1.807, 2.05) is 17.9 Å². The Hall–Kier alpha value is -1.80. The number of thioether (sulfide) groups is 1. The Morgan fingerprint density at radius 3 is 2.71 bits per heavy atom. The fourth-order valence-electron chi connectivity index (χ4n) is 6.43. The van der Waals surface area contributed by atoms with Gasteiger partial charge in [0.05, 0.1) is 29.8 Å². The zero-order valence-corrected chi connectivity index (χ0v) is 22.3. The summed E-state index contributed by atoms with van der Waals surface area (Å²) < 4.78 is 4.96. The van der Waals surface area contributed by atoms with E-state index in [0.717, 1.165) is 38.5 Å². The molecular weight excluding hydrogens is 464 g/mol. The van der Waals surface area contributed by atoms with Crippen molar-refractivity contribution in [3.63, 3.8) is 0 Å². The van der Waals surface area contributed by atoms with E-state index >= 15 is 0 Å². The zero-order valence-electron chi connectivity index (χ0n) is 21.5. The summed E-state index contributed by atoms with van der Waals surface area (Å²) in [4.78, 5) is 44.6. The summed E-state index contributed by atoms with van der Waals surface area (Å²) in [6, 6.07) is -0.705. The Morgan fingerprint density at radius 1 is 1.34 bits per heavy atom. The predicted molar refractivity (Wildman–Crippen MR) is 139 cm³/mol. The van der Waals surface area contributed by atoms with Crippen LogP contribution in [-0.4, -0.2) is 81.1 Å². The van der Waals surface area contributed by atoms with Gasteiger partial charge in [-0.1, -0.05) is 32.4 Å². The van der Waals surface area contributed by atoms with Crippen LogP contribution in [0.15, 0.2) is 25.3 Å². The zero-order chi connectivity index (χ0) is 25.8. The van der Waals surface area contributed by atoms with Crippen molar-refractivity contribution in [3.05, 3.63) is 25.3 Å². The molecule has 0 aromatic rings. The van der Waals surface area contributed by atoms with Gasteiger partial charge in [0.2, 0.25) is 11.8 Å². The second kappa shape index (κ2) is 12.0. The molecule has 2 bridgehead atoms. The van der Waals surface area contributed by atoms with Crippen LogP contribution < -0.4 is 0 Å². The number of nitrogens with zero attached hydrogens (tertiary/aromatic N) is 2. The summed E-state index contributed by atoms with van der Waals surface area (Å²) in [5.41, 5.74) is 0. The first kappa shape index (κ1) is 27.8. The van der Waals surface area contributed by atoms with Crippen LogP contribution in [0.5, 0.6) is 0 Å². The maximum atomic E-state index is 14.2. The lowest BCUT2D eigenvalue weighted by molar-refractivity contribution is -0.154. The monoisotopic (exact) mass is 506 g/mol. The lowest BCUT2D eigenvalue weighted by Crippen LogP contribution is -2.58. The Balaban J connectivity index is 1.92. The summed E-state index contributed by atoms with van der Waals surface area (Å²) in [6.07, 6.45) is 8.66. The highest BCUT2D eigenvalue weighted by atomic mass is 32.2. The van der Waals surface area contributed by atoms with Crippen molar-refractivity contribution in [2.75, 3.05) is 26.3 Å². The molecule has 2 amide bonds. The van der Waals surface area contributed by atoms with E-state index in [0.29, 0.717) is 13.2 Å². The maximum Gasteiger partial charge on any atom is 0.310 e. The Kier molecular flexibility index (Phi) is 9.49. The summed E-state index contributed by atoms with van der Waals surface area (Å²) >= 11 is 1.64. The molecule has 3 fully saturated rings. The van der Waals surface area contributed by atoms with Gasteiger partial charge < -0.3 is 19.6 Å². The predicted octanol–water partition coefficient (Wildman–Crippen LogP) is 3.42. The van der Waals surface area contributed by atoms with Crippen LogP contribution in [0.25, 0.3) is 0 Å². The summed E-state index contributed by atoms with van der Waals surface area (Å²) in [5.74, 6) is -1.69. The number of fused-ring (bicyclic) bond motifs is 1. The number of likely N-dealkylation sites (tertiary alicyclic amines) is 1. The van der Waals surface area contributed by atoms with Crippen molar-refractivity contribution < 1.29 is 24.2 Å². The number of amides is 2. The number of unbranched alkanes of at least 4 members (excludes halogenated alkanes) is 2. The Bertz CT molecular complexity index is 819. The Labute approximate surface area is 214 Å². The molecule has 7 nitrogen and oxygen atoms in total. The first-order chi connectivity index (χ1) is 16.8. The molecule has 4 unspecified atom stereocenters. The van der Waals surface area contributed by atoms with Gasteiger partial charge in [-0.05, 0) is 44.9 Å². The topological polar surface area (TPSA) is 87.2 Å². The lowest BCUT2D eigenvalue weighted by Gasteiger charge is -2.41. The minimum absolute atomic E-state index is 0.00210. The molecule has 3 saturated heterocycles. The van der Waals surface area contributed by atoms with Crippen molar-refractivity contribution in [1.82, 2.24) is 9.80 Å². The number of aliphatic hydroxyl groups is 1. The normalized spacial score (nSPS) is 31.8. The summed E-state index contributed by atoms with van der Waals surface area (Å²) in [6.45, 7) is 14.4. The average Bonchev–Trinajstić information content (AvgIpc) is 3.41. The number of allylic oxidation sites excluding steroid dienone is 1. The molecule has 0 saturated carbocycles. The second-order valence-corrected chi connectivity index (χ2v) is 11.7. The van der Waals surface area contributed by atoms with Gasteiger partial charge in [-0.3, -0.25) is 14.4 Å². The number of β-amino-alcohol motifs (C(OH)–C–C–N with tert-alkyl or cyclic N) is 1. The standard InChI is InChI=1S/C27H42N2O5S/c1-6-9-10-11-16-34-26(33)21-20-17-18(4)27(35-20)22(21)24(31)29(14-15-30)23(27)25(32)28(13-8-3)19(5)12-7-2/h6,8,18-23,30H,1,3,7,9-17H2,2,4-5H3/t18?,19?,20-,21+,22-,23?,27?/m0/s1. The van der Waals surface area contributed by atoms with Crippen molar-refractivity contribution in [1.29, 1.82) is 0 Å². The van der Waals surface area contributed by atoms with Crippen molar-refractivity contribution >= 4 is 29.5 Å². The molecule has 1 N–H and O–H groups in total. The molecule has 7 atom stereocenters. The van der Waals surface area contributed by atoms with E-state index in [2.05, 4.69) is 27.0 Å². The quantitative estimate of drug-likeness (QED) is 0.221. The first-order valence-corrected chi connectivity index (χ1v) is 14.0. The SMILES string of the molecule is C=CCCCCOC(=O)[C@@H]1[C@@H]2CC(C)C3(S2)C(C(=O)N(CC=C)C(C)CCC)N(CCO)C(=O)[C@H]13. The molecule has 1 spiro atoms. The van der Waals surface area contributed by atoms with Crippen molar-refractivity contribution in [2.24, 2.45) is 17.8 Å². The average molecular weight is 507 g/mol. The molecule has 0 aromatic carbocycles. The van der Waals surface area contributed by atoms with Gasteiger partial charge in [0.15, 0.2) is 0 Å². The van der Waals surface area contributed by atoms with Gasteiger partial charge in [-0.15, -0.1) is 24.9 Å². The fourth-order valence-corrected chi connectivity index (χ4v) is 8.84. The second-order valence-electron chi connectivity index (χ2n) is 10.2. The van der Waals surface area contributed by atoms with Gasteiger partial charge >= 0.3 is 5.97 Å². The minimum atomic E-state index is -0.707. The first-order valence-electron chi connectivity index (χ1n) is 13.1. The minimum Gasteiger partial charge on any atom is -0.465 e. The van der Waals surface area contributed by atoms with E-state index in [1.165, 1.54) is 0 Å². The number of ether oxygens (including phenoxy) is 1. The lowest BCUT2D eigenvalue weighted by atomic mass is 9.66. The van der Waals surface area contributed by atoms with Crippen LogP contribution in [0.2, 0.25) is 0 Å². The third kappa shape index (κ3) is 4.93. The molecule has 3 aliphatic heterocycles. The van der Waals surface area contributed by atoms with E-state index in [4.69, 9.17) is 4.74 Å².